The number of carbonyl (C=O) groups excluding carboxylic acids is 1. The third-order valence-corrected chi connectivity index (χ3v) is 3.75. The predicted octanol–water partition coefficient (Wildman–Crippen LogP) is -0.638. The largest absolute Gasteiger partial charge is 0.748 e. The fourth-order valence-electron chi connectivity index (χ4n) is 1.91. The molecule has 0 N–H and O–H groups in total. The van der Waals surface area contributed by atoms with Crippen LogP contribution in [0.2, 0.25) is 0 Å². The molecule has 0 unspecified atom stereocenters. The van der Waals surface area contributed by atoms with E-state index in [4.69, 9.17) is 4.74 Å². The topological polar surface area (TPSA) is 90.6 Å². The second-order valence-electron chi connectivity index (χ2n) is 4.51. The highest BCUT2D eigenvalue weighted by molar-refractivity contribution is 7.85. The quantitative estimate of drug-likeness (QED) is 0.547. The number of aromatic nitrogens is 1. The summed E-state index contributed by atoms with van der Waals surface area (Å²) < 4.78 is 38.3. The van der Waals surface area contributed by atoms with Gasteiger partial charge in [-0.3, -0.25) is 0 Å². The van der Waals surface area contributed by atoms with Gasteiger partial charge in [-0.25, -0.2) is 13.3 Å². The first-order valence-electron chi connectivity index (χ1n) is 6.26. The molecule has 0 aliphatic carbocycles. The van der Waals surface area contributed by atoms with Crippen LogP contribution in [0.5, 0.6) is 0 Å². The highest BCUT2D eigenvalue weighted by atomic mass is 32.2. The number of hydrogen-bond donors (Lipinski definition) is 0. The lowest BCUT2D eigenvalue weighted by Crippen LogP contribution is -2.55. The zero-order valence-electron chi connectivity index (χ0n) is 10.9. The number of amides is 1. The number of rotatable bonds is 3. The van der Waals surface area contributed by atoms with Crippen molar-refractivity contribution in [2.75, 3.05) is 32.1 Å². The molecule has 0 radical (unpaired) electrons. The Morgan fingerprint density at radius 2 is 1.90 bits per heavy atom. The van der Waals surface area contributed by atoms with Gasteiger partial charge in [0.15, 0.2) is 0 Å². The van der Waals surface area contributed by atoms with Crippen LogP contribution >= 0.6 is 0 Å². The lowest BCUT2D eigenvalue weighted by atomic mass is 10.2. The van der Waals surface area contributed by atoms with Gasteiger partial charge in [0.1, 0.15) is 13.1 Å². The summed E-state index contributed by atoms with van der Waals surface area (Å²) in [6, 6.07) is 3.14. The van der Waals surface area contributed by atoms with Gasteiger partial charge in [-0.15, -0.1) is 0 Å². The van der Waals surface area contributed by atoms with Crippen molar-refractivity contribution in [2.24, 2.45) is 0 Å². The molecule has 1 amide bonds. The van der Waals surface area contributed by atoms with E-state index in [1.54, 1.807) is 29.4 Å². The molecule has 20 heavy (non-hydrogen) atoms. The summed E-state index contributed by atoms with van der Waals surface area (Å²) in [4.78, 5) is 13.8. The number of morpholine rings is 1. The summed E-state index contributed by atoms with van der Waals surface area (Å²) in [5.41, 5.74) is 0.704. The summed E-state index contributed by atoms with van der Waals surface area (Å²) in [6.45, 7) is 2.18. The van der Waals surface area contributed by atoms with Gasteiger partial charge in [-0.1, -0.05) is 0 Å². The summed E-state index contributed by atoms with van der Waals surface area (Å²) in [5.74, 6) is -0.436. The van der Waals surface area contributed by atoms with Crippen LogP contribution in [0.25, 0.3) is 0 Å². The van der Waals surface area contributed by atoms with Gasteiger partial charge in [0, 0.05) is 5.75 Å². The number of carbonyl (C=O) groups is 1. The molecule has 1 aliphatic rings. The van der Waals surface area contributed by atoms with Gasteiger partial charge in [0.2, 0.25) is 0 Å². The molecule has 8 heteroatoms. The first-order chi connectivity index (χ1) is 9.46. The van der Waals surface area contributed by atoms with E-state index in [9.17, 15) is 17.8 Å². The molecule has 1 aromatic rings. The second kappa shape index (κ2) is 6.29. The van der Waals surface area contributed by atoms with E-state index in [0.29, 0.717) is 31.9 Å². The summed E-state index contributed by atoms with van der Waals surface area (Å²) in [5, 5.41) is 0. The fraction of sp³-hybridized carbons (Fsp3) is 0.500. The minimum atomic E-state index is -4.21. The molecular weight excluding hydrogens is 284 g/mol. The molecule has 1 saturated heterocycles. The standard InChI is InChI=1S/C12H16N2O5S/c15-12(14-6-8-19-9-7-14)13-4-1-11(2-5-13)3-10-20(16,17)18/h1-2,4-5H,3,6-10H2. The van der Waals surface area contributed by atoms with Crippen LogP contribution in [0.15, 0.2) is 24.5 Å². The maximum Gasteiger partial charge on any atom is 0.498 e. The Morgan fingerprint density at radius 3 is 2.45 bits per heavy atom. The minimum absolute atomic E-state index is 0.142. The van der Waals surface area contributed by atoms with Gasteiger partial charge in [-0.2, -0.15) is 9.36 Å². The second-order valence-corrected chi connectivity index (χ2v) is 6.03. The van der Waals surface area contributed by atoms with Gasteiger partial charge < -0.3 is 9.29 Å². The maximum atomic E-state index is 12.1. The number of ether oxygens (including phenoxy) is 1. The van der Waals surface area contributed by atoms with Crippen molar-refractivity contribution in [3.63, 3.8) is 0 Å². The Morgan fingerprint density at radius 1 is 1.30 bits per heavy atom. The molecule has 2 heterocycles. The van der Waals surface area contributed by atoms with Crippen molar-refractivity contribution < 1.29 is 27.1 Å². The van der Waals surface area contributed by atoms with Gasteiger partial charge in [0.25, 0.3) is 0 Å². The zero-order chi connectivity index (χ0) is 14.6. The van der Waals surface area contributed by atoms with Crippen LogP contribution in [0, 0.1) is 0 Å². The van der Waals surface area contributed by atoms with Crippen molar-refractivity contribution in [1.29, 1.82) is 0 Å². The predicted molar refractivity (Wildman–Crippen MR) is 68.1 cm³/mol. The number of pyridine rings is 1. The number of nitrogens with zero attached hydrogens (tertiary/aromatic N) is 2. The Hall–Kier alpha value is -1.51. The highest BCUT2D eigenvalue weighted by Gasteiger charge is 2.26. The molecule has 1 aromatic heterocycles. The number of hydrogen-bond acceptors (Lipinski definition) is 5. The van der Waals surface area contributed by atoms with Crippen LogP contribution in [-0.2, 0) is 21.3 Å². The van der Waals surface area contributed by atoms with Crippen molar-refractivity contribution >= 4 is 16.1 Å². The first-order valence-corrected chi connectivity index (χ1v) is 7.84. The molecule has 0 bridgehead atoms. The summed E-state index contributed by atoms with van der Waals surface area (Å²) in [7, 11) is -4.21. The molecule has 1 aliphatic heterocycles. The van der Waals surface area contributed by atoms with Crippen molar-refractivity contribution in [3.05, 3.63) is 30.1 Å². The highest BCUT2D eigenvalue weighted by Crippen LogP contribution is 2.01. The van der Waals surface area contributed by atoms with E-state index in [2.05, 4.69) is 0 Å². The zero-order valence-corrected chi connectivity index (χ0v) is 11.7. The fourth-order valence-corrected chi connectivity index (χ4v) is 2.40. The van der Waals surface area contributed by atoms with E-state index in [-0.39, 0.29) is 12.5 Å². The molecule has 0 saturated carbocycles. The third kappa shape index (κ3) is 4.26. The van der Waals surface area contributed by atoms with Gasteiger partial charge in [0.05, 0.1) is 35.7 Å². The Kier molecular flexibility index (Phi) is 4.69. The van der Waals surface area contributed by atoms with Gasteiger partial charge >= 0.3 is 6.03 Å². The van der Waals surface area contributed by atoms with Crippen LogP contribution in [0.1, 0.15) is 5.56 Å². The maximum absolute atomic E-state index is 12.1. The molecule has 110 valence electrons. The molecular formula is C12H16N2O5S. The smallest absolute Gasteiger partial charge is 0.498 e. The molecule has 2 rings (SSSR count). The van der Waals surface area contributed by atoms with E-state index in [0.717, 1.165) is 0 Å². The monoisotopic (exact) mass is 300 g/mol. The van der Waals surface area contributed by atoms with Crippen molar-refractivity contribution in [2.45, 2.75) is 6.42 Å². The lowest BCUT2D eigenvalue weighted by Gasteiger charge is -2.19. The van der Waals surface area contributed by atoms with Crippen LogP contribution in [0.3, 0.4) is 0 Å². The third-order valence-electron chi connectivity index (χ3n) is 3.04. The Labute approximate surface area is 117 Å². The normalized spacial score (nSPS) is 16.1. The van der Waals surface area contributed by atoms with Crippen LogP contribution in [-0.4, -0.2) is 56.0 Å². The lowest BCUT2D eigenvalue weighted by molar-refractivity contribution is -0.578. The van der Waals surface area contributed by atoms with Crippen LogP contribution in [0.4, 0.5) is 4.79 Å². The molecule has 1 fully saturated rings. The first kappa shape index (κ1) is 14.9. The van der Waals surface area contributed by atoms with Crippen molar-refractivity contribution in [1.82, 2.24) is 4.90 Å². The SMILES string of the molecule is O=C(N1CCOCC1)[n+]1ccc(CCS(=O)(=O)[O-])cc1. The molecule has 7 nitrogen and oxygen atoms in total. The minimum Gasteiger partial charge on any atom is -0.748 e. The van der Waals surface area contributed by atoms with Crippen LogP contribution < -0.4 is 4.57 Å². The summed E-state index contributed by atoms with van der Waals surface area (Å²) >= 11 is 0. The average molecular weight is 300 g/mol. The molecule has 0 atom stereocenters. The van der Waals surface area contributed by atoms with Crippen molar-refractivity contribution in [3.8, 4) is 0 Å². The van der Waals surface area contributed by atoms with Gasteiger partial charge in [-0.05, 0) is 24.1 Å². The van der Waals surface area contributed by atoms with E-state index < -0.39 is 15.9 Å². The van der Waals surface area contributed by atoms with E-state index in [1.165, 1.54) is 4.57 Å². The molecule has 0 aromatic carbocycles. The Balaban J connectivity index is 1.98. The summed E-state index contributed by atoms with van der Waals surface area (Å²) in [6.07, 6.45) is 3.30. The average Bonchev–Trinajstić information content (AvgIpc) is 2.45. The number of aryl methyl sites for hydroxylation is 1. The van der Waals surface area contributed by atoms with E-state index in [1.807, 2.05) is 0 Å². The Bertz CT molecular complexity index is 564. The van der Waals surface area contributed by atoms with E-state index >= 15 is 0 Å². The molecule has 0 spiro atoms.